The lowest BCUT2D eigenvalue weighted by Gasteiger charge is -2.19. The number of ether oxygens (including phenoxy) is 3. The molecule has 0 bridgehead atoms. The first-order chi connectivity index (χ1) is 26.1. The second-order valence-electron chi connectivity index (χ2n) is 13.9. The highest BCUT2D eigenvalue weighted by Crippen LogP contribution is 2.45. The molecule has 3 heterocycles. The van der Waals surface area contributed by atoms with E-state index < -0.39 is 9.84 Å². The molecule has 3 aromatic carbocycles. The van der Waals surface area contributed by atoms with Gasteiger partial charge >= 0.3 is 0 Å². The van der Waals surface area contributed by atoms with Gasteiger partial charge in [-0.15, -0.1) is 0 Å². The minimum atomic E-state index is -3.41. The van der Waals surface area contributed by atoms with Crippen molar-refractivity contribution in [1.29, 1.82) is 0 Å². The minimum absolute atomic E-state index is 0.0831. The molecule has 282 valence electrons. The van der Waals surface area contributed by atoms with Crippen LogP contribution in [0.3, 0.4) is 0 Å². The highest BCUT2D eigenvalue weighted by Gasteiger charge is 2.29. The molecule has 0 radical (unpaired) electrons. The first-order valence-electron chi connectivity index (χ1n) is 18.2. The lowest BCUT2D eigenvalue weighted by Crippen LogP contribution is -2.27. The van der Waals surface area contributed by atoms with Crippen molar-refractivity contribution in [2.24, 2.45) is 0 Å². The van der Waals surface area contributed by atoms with E-state index in [0.29, 0.717) is 41.1 Å². The number of rotatable bonds is 14. The van der Waals surface area contributed by atoms with E-state index >= 15 is 0 Å². The monoisotopic (exact) mass is 787 g/mol. The highest BCUT2D eigenvalue weighted by molar-refractivity contribution is 7.90. The summed E-state index contributed by atoms with van der Waals surface area (Å²) in [5, 5.41) is 10.8. The number of benzene rings is 3. The smallest absolute Gasteiger partial charge is 0.236 e. The quantitative estimate of drug-likeness (QED) is 0.118. The zero-order valence-electron chi connectivity index (χ0n) is 30.3. The van der Waals surface area contributed by atoms with Crippen molar-refractivity contribution < 1.29 is 27.7 Å². The molecule has 5 aromatic rings. The Hall–Kier alpha value is -4.19. The fourth-order valence-corrected chi connectivity index (χ4v) is 8.35. The Labute approximate surface area is 326 Å². The topological polar surface area (TPSA) is 111 Å². The second-order valence-corrected chi connectivity index (χ2v) is 16.7. The van der Waals surface area contributed by atoms with Crippen LogP contribution in [0.5, 0.6) is 17.5 Å². The molecule has 1 N–H and O–H groups in total. The van der Waals surface area contributed by atoms with Crippen molar-refractivity contribution in [2.45, 2.75) is 62.7 Å². The Kier molecular flexibility index (Phi) is 11.8. The molecule has 2 aromatic heterocycles. The summed E-state index contributed by atoms with van der Waals surface area (Å²) in [7, 11) is -3.41. The molecule has 1 fully saturated rings. The summed E-state index contributed by atoms with van der Waals surface area (Å²) >= 11 is 13.9. The van der Waals surface area contributed by atoms with Gasteiger partial charge < -0.3 is 19.3 Å². The van der Waals surface area contributed by atoms with E-state index in [2.05, 4.69) is 35.0 Å². The first kappa shape index (κ1) is 38.1. The largest absolute Gasteiger partial charge is 0.492 e. The lowest BCUT2D eigenvalue weighted by atomic mass is 9.94. The van der Waals surface area contributed by atoms with Gasteiger partial charge in [0.25, 0.3) is 0 Å². The Balaban J connectivity index is 1.08. The van der Waals surface area contributed by atoms with Gasteiger partial charge in [-0.2, -0.15) is 4.98 Å². The Bertz CT molecular complexity index is 2230. The summed E-state index contributed by atoms with van der Waals surface area (Å²) < 4.78 is 42.8. The van der Waals surface area contributed by atoms with E-state index in [9.17, 15) is 13.5 Å². The zero-order valence-corrected chi connectivity index (χ0v) is 32.6. The van der Waals surface area contributed by atoms with Gasteiger partial charge in [-0.25, -0.2) is 8.42 Å². The molecular weight excluding hydrogens is 745 g/mol. The Morgan fingerprint density at radius 2 is 1.70 bits per heavy atom. The average Bonchev–Trinajstić information content (AvgIpc) is 3.78. The van der Waals surface area contributed by atoms with Crippen LogP contribution < -0.4 is 14.2 Å². The SMILES string of the molecule is CCCc1cc(Cl)c(O[C@H]2CCc3c(-c4cccc(-c5ccc(OCCN6CC[C@@H](O)C6)cc5)c4Cl)cccc32)nc1OCc1cncc(S(C)(=O)=O)c1. The van der Waals surface area contributed by atoms with Gasteiger partial charge in [-0.05, 0) is 72.2 Å². The summed E-state index contributed by atoms with van der Waals surface area (Å²) in [4.78, 5) is 11.2. The number of aromatic nitrogens is 2. The number of pyridine rings is 2. The molecular formula is C42H43Cl2N3O6S. The third-order valence-electron chi connectivity index (χ3n) is 9.92. The van der Waals surface area contributed by atoms with Gasteiger partial charge in [-0.1, -0.05) is 85.1 Å². The van der Waals surface area contributed by atoms with Crippen molar-refractivity contribution in [3.63, 3.8) is 0 Å². The van der Waals surface area contributed by atoms with Crippen LogP contribution in [-0.4, -0.2) is 67.0 Å². The number of aryl methyl sites for hydroxylation is 1. The third-order valence-corrected chi connectivity index (χ3v) is 11.7. The number of fused-ring (bicyclic) bond motifs is 1. The fourth-order valence-electron chi connectivity index (χ4n) is 7.17. The van der Waals surface area contributed by atoms with Crippen LogP contribution in [0.4, 0.5) is 0 Å². The van der Waals surface area contributed by atoms with Crippen LogP contribution in [-0.2, 0) is 29.3 Å². The molecule has 2 aliphatic rings. The number of likely N-dealkylation sites (tertiary alicyclic amines) is 1. The number of aliphatic hydroxyl groups excluding tert-OH is 1. The molecule has 0 spiro atoms. The standard InChI is InChI=1S/C42H43Cl2N3O6S/c1-3-6-29-22-38(43)42(46-41(29)52-26-27-21-32(24-45-23-27)54(2,49)50)53-39-16-15-35-34(8-5-9-36(35)39)37-10-4-7-33(40(37)44)28-11-13-31(14-12-28)51-20-19-47-18-17-30(48)25-47/h4-5,7-14,21-24,30,39,48H,3,6,15-20,25-26H2,1-2H3/t30-,39+/m1/s1. The average molecular weight is 789 g/mol. The van der Waals surface area contributed by atoms with E-state index in [1.165, 1.54) is 11.8 Å². The number of β-amino-alcohol motifs (C(OH)–C–C–N with tert-alkyl or cyclic N) is 1. The molecule has 0 amide bonds. The molecule has 0 unspecified atom stereocenters. The van der Waals surface area contributed by atoms with Crippen LogP contribution in [0.25, 0.3) is 22.3 Å². The Morgan fingerprint density at radius 1 is 0.926 bits per heavy atom. The maximum absolute atomic E-state index is 12.1. The summed E-state index contributed by atoms with van der Waals surface area (Å²) in [5.41, 5.74) is 7.61. The van der Waals surface area contributed by atoms with Gasteiger partial charge in [0.2, 0.25) is 11.8 Å². The molecule has 1 aliphatic carbocycles. The first-order valence-corrected chi connectivity index (χ1v) is 20.9. The van der Waals surface area contributed by atoms with Crippen LogP contribution >= 0.6 is 23.2 Å². The normalized spacial score (nSPS) is 17.1. The third kappa shape index (κ3) is 8.69. The van der Waals surface area contributed by atoms with Gasteiger partial charge in [-0.3, -0.25) is 9.88 Å². The molecule has 7 rings (SSSR count). The maximum Gasteiger partial charge on any atom is 0.236 e. The number of nitrogens with zero attached hydrogens (tertiary/aromatic N) is 3. The zero-order chi connectivity index (χ0) is 37.8. The summed E-state index contributed by atoms with van der Waals surface area (Å²) in [5.74, 6) is 1.46. The van der Waals surface area contributed by atoms with Gasteiger partial charge in [0.05, 0.1) is 16.0 Å². The molecule has 1 saturated heterocycles. The number of halogens is 2. The van der Waals surface area contributed by atoms with Crippen LogP contribution in [0.2, 0.25) is 10.0 Å². The Morgan fingerprint density at radius 3 is 2.46 bits per heavy atom. The van der Waals surface area contributed by atoms with E-state index in [1.54, 1.807) is 12.3 Å². The van der Waals surface area contributed by atoms with E-state index in [0.717, 1.165) is 84.2 Å². The summed E-state index contributed by atoms with van der Waals surface area (Å²) in [6.45, 7) is 5.10. The van der Waals surface area contributed by atoms with Gasteiger partial charge in [0, 0.05) is 60.5 Å². The molecule has 1 aliphatic heterocycles. The maximum atomic E-state index is 12.1. The predicted octanol–water partition coefficient (Wildman–Crippen LogP) is 8.56. The van der Waals surface area contributed by atoms with Crippen LogP contribution in [0.1, 0.15) is 54.5 Å². The van der Waals surface area contributed by atoms with Crippen molar-refractivity contribution in [1.82, 2.24) is 14.9 Å². The van der Waals surface area contributed by atoms with E-state index in [-0.39, 0.29) is 29.6 Å². The van der Waals surface area contributed by atoms with Crippen molar-refractivity contribution in [3.8, 4) is 39.8 Å². The van der Waals surface area contributed by atoms with Crippen molar-refractivity contribution in [3.05, 3.63) is 117 Å². The highest BCUT2D eigenvalue weighted by atomic mass is 35.5. The second kappa shape index (κ2) is 16.7. The molecule has 12 heteroatoms. The molecule has 2 atom stereocenters. The molecule has 0 saturated carbocycles. The number of sulfone groups is 1. The number of hydrogen-bond donors (Lipinski definition) is 1. The van der Waals surface area contributed by atoms with Crippen LogP contribution in [0, 0.1) is 0 Å². The molecule has 54 heavy (non-hydrogen) atoms. The van der Waals surface area contributed by atoms with Gasteiger partial charge in [0.1, 0.15) is 30.1 Å². The lowest BCUT2D eigenvalue weighted by molar-refractivity contribution is 0.167. The van der Waals surface area contributed by atoms with Crippen LogP contribution in [0.15, 0.2) is 90.1 Å². The van der Waals surface area contributed by atoms with Crippen molar-refractivity contribution >= 4 is 33.0 Å². The van der Waals surface area contributed by atoms with E-state index in [4.69, 9.17) is 42.4 Å². The molecule has 9 nitrogen and oxygen atoms in total. The van der Waals surface area contributed by atoms with Gasteiger partial charge in [0.15, 0.2) is 9.84 Å². The summed E-state index contributed by atoms with van der Waals surface area (Å²) in [6.07, 6.45) is 7.43. The minimum Gasteiger partial charge on any atom is -0.492 e. The summed E-state index contributed by atoms with van der Waals surface area (Å²) in [6, 6.07) is 23.7. The number of hydrogen-bond acceptors (Lipinski definition) is 9. The number of aliphatic hydroxyl groups is 1. The van der Waals surface area contributed by atoms with E-state index in [1.807, 2.05) is 48.5 Å². The van der Waals surface area contributed by atoms with Crippen molar-refractivity contribution in [2.75, 3.05) is 32.5 Å². The fraction of sp³-hybridized carbons (Fsp3) is 0.333. The predicted molar refractivity (Wildman–Crippen MR) is 211 cm³/mol.